The molecule has 0 aliphatic rings. The van der Waals surface area contributed by atoms with E-state index in [9.17, 15) is 26.3 Å². The summed E-state index contributed by atoms with van der Waals surface area (Å²) in [6.45, 7) is 0. The highest BCUT2D eigenvalue weighted by Crippen LogP contribution is 2.40. The number of nitrogens with zero attached hydrogens (tertiary/aromatic N) is 4. The Kier molecular flexibility index (Phi) is 7.11. The monoisotopic (exact) mass is 610 g/mol. The Labute approximate surface area is 243 Å². The topological polar surface area (TPSA) is 51.6 Å². The van der Waals surface area contributed by atoms with Gasteiger partial charge in [0.2, 0.25) is 0 Å². The van der Waals surface area contributed by atoms with Crippen LogP contribution in [-0.4, -0.2) is 19.9 Å². The fourth-order valence-corrected chi connectivity index (χ4v) is 6.13. The minimum absolute atomic E-state index is 0.332. The number of halogens is 6. The molecular weight excluding hydrogens is 594 g/mol. The fraction of sp³-hybridized carbons (Fsp3) is 0.0667. The summed E-state index contributed by atoms with van der Waals surface area (Å²) in [5.41, 5.74) is 1.09. The molecule has 42 heavy (non-hydrogen) atoms. The molecule has 0 fully saturated rings. The van der Waals surface area contributed by atoms with Gasteiger partial charge >= 0.3 is 12.4 Å². The normalized spacial score (nSPS) is 12.0. The summed E-state index contributed by atoms with van der Waals surface area (Å²) in [5, 5.41) is 0. The van der Waals surface area contributed by atoms with E-state index >= 15 is 0 Å². The van der Waals surface area contributed by atoms with Crippen molar-refractivity contribution in [1.29, 1.82) is 0 Å². The molecule has 0 aliphatic heterocycles. The number of benzene rings is 2. The molecule has 0 amide bonds. The van der Waals surface area contributed by atoms with E-state index in [0.29, 0.717) is 22.8 Å². The minimum atomic E-state index is -4.40. The molecule has 0 saturated heterocycles. The molecule has 6 rings (SSSR count). The number of thiophene rings is 2. The quantitative estimate of drug-likeness (QED) is 0.182. The van der Waals surface area contributed by atoms with Crippen LogP contribution in [-0.2, 0) is 12.4 Å². The molecule has 4 nitrogen and oxygen atoms in total. The second-order valence-electron chi connectivity index (χ2n) is 9.07. The average Bonchev–Trinajstić information content (AvgIpc) is 3.67. The van der Waals surface area contributed by atoms with Crippen LogP contribution in [0.4, 0.5) is 26.3 Å². The van der Waals surface area contributed by atoms with E-state index in [-0.39, 0.29) is 0 Å². The molecule has 0 atom stereocenters. The van der Waals surface area contributed by atoms with E-state index in [0.717, 1.165) is 54.9 Å². The average molecular weight is 611 g/mol. The fourth-order valence-electron chi connectivity index (χ4n) is 4.08. The van der Waals surface area contributed by atoms with E-state index in [1.54, 1.807) is 47.5 Å². The van der Waals surface area contributed by atoms with Gasteiger partial charge in [-0.05, 0) is 48.5 Å². The molecule has 0 radical (unpaired) electrons. The van der Waals surface area contributed by atoms with Gasteiger partial charge in [-0.15, -0.1) is 22.7 Å². The van der Waals surface area contributed by atoms with Crippen LogP contribution in [0.2, 0.25) is 0 Å². The van der Waals surface area contributed by atoms with Gasteiger partial charge in [0.1, 0.15) is 0 Å². The van der Waals surface area contributed by atoms with Crippen molar-refractivity contribution < 1.29 is 26.3 Å². The number of aromatic nitrogens is 4. The molecular formula is C30H16F6N4S2. The summed E-state index contributed by atoms with van der Waals surface area (Å²) in [6, 6.07) is 17.3. The molecule has 0 bridgehead atoms. The number of alkyl halides is 6. The lowest BCUT2D eigenvalue weighted by Gasteiger charge is -2.07. The van der Waals surface area contributed by atoms with Gasteiger partial charge in [0.05, 0.1) is 11.1 Å². The molecule has 4 heterocycles. The highest BCUT2D eigenvalue weighted by molar-refractivity contribution is 7.25. The molecule has 12 heteroatoms. The molecule has 210 valence electrons. The van der Waals surface area contributed by atoms with Crippen LogP contribution >= 0.6 is 22.7 Å². The maximum absolute atomic E-state index is 12.8. The van der Waals surface area contributed by atoms with Crippen LogP contribution in [0, 0.1) is 0 Å². The molecule has 0 N–H and O–H groups in total. The zero-order valence-corrected chi connectivity index (χ0v) is 22.7. The van der Waals surface area contributed by atoms with Gasteiger partial charge in [0, 0.05) is 66.5 Å². The van der Waals surface area contributed by atoms with Crippen molar-refractivity contribution in [3.8, 4) is 53.4 Å². The first-order valence-electron chi connectivity index (χ1n) is 12.2. The van der Waals surface area contributed by atoms with Crippen molar-refractivity contribution in [2.75, 3.05) is 0 Å². The van der Waals surface area contributed by atoms with E-state index in [1.807, 2.05) is 24.3 Å². The van der Waals surface area contributed by atoms with Crippen LogP contribution in [0.5, 0.6) is 0 Å². The predicted molar refractivity (Wildman–Crippen MR) is 151 cm³/mol. The maximum atomic E-state index is 12.8. The lowest BCUT2D eigenvalue weighted by atomic mass is 10.1. The molecule has 0 saturated carbocycles. The Bertz CT molecular complexity index is 1690. The minimum Gasteiger partial charge on any atom is -0.236 e. The van der Waals surface area contributed by atoms with Crippen LogP contribution < -0.4 is 0 Å². The van der Waals surface area contributed by atoms with Crippen molar-refractivity contribution in [2.24, 2.45) is 0 Å². The summed E-state index contributed by atoms with van der Waals surface area (Å²) < 4.78 is 76.9. The Balaban J connectivity index is 1.15. The third-order valence-electron chi connectivity index (χ3n) is 6.27. The standard InChI is InChI=1S/C30H16F6N4S2/c31-29(32,33)21-5-1-17(2-6-21)27-37-13-19(14-38-27)23-9-11-25(41-23)26-12-10-24(42-26)20-15-39-28(40-16-20)18-3-7-22(8-4-18)30(34,35)36/h1-16H. The largest absolute Gasteiger partial charge is 0.416 e. The first-order chi connectivity index (χ1) is 20.0. The summed E-state index contributed by atoms with van der Waals surface area (Å²) in [5.74, 6) is 0.664. The second-order valence-corrected chi connectivity index (χ2v) is 11.2. The summed E-state index contributed by atoms with van der Waals surface area (Å²) in [7, 11) is 0. The molecule has 0 spiro atoms. The molecule has 4 aromatic heterocycles. The van der Waals surface area contributed by atoms with Crippen LogP contribution in [0.15, 0.2) is 97.6 Å². The maximum Gasteiger partial charge on any atom is 0.416 e. The SMILES string of the molecule is FC(F)(F)c1ccc(-c2ncc(-c3ccc(-c4ccc(-c5cnc(-c6ccc(C(F)(F)F)cc6)nc5)s4)s3)cn2)cc1. The van der Waals surface area contributed by atoms with Crippen molar-refractivity contribution in [2.45, 2.75) is 12.4 Å². The predicted octanol–water partition coefficient (Wildman–Crippen LogP) is 9.76. The lowest BCUT2D eigenvalue weighted by molar-refractivity contribution is -0.138. The van der Waals surface area contributed by atoms with Crippen molar-refractivity contribution in [3.63, 3.8) is 0 Å². The first-order valence-corrected chi connectivity index (χ1v) is 13.9. The zero-order valence-electron chi connectivity index (χ0n) is 21.1. The molecule has 2 aromatic carbocycles. The Morgan fingerprint density at radius 3 is 1.00 bits per heavy atom. The highest BCUT2D eigenvalue weighted by Gasteiger charge is 2.31. The van der Waals surface area contributed by atoms with Gasteiger partial charge in [-0.25, -0.2) is 19.9 Å². The number of rotatable bonds is 5. The van der Waals surface area contributed by atoms with Gasteiger partial charge in [0.25, 0.3) is 0 Å². The number of hydrogen-bond donors (Lipinski definition) is 0. The first kappa shape index (κ1) is 27.7. The summed E-state index contributed by atoms with van der Waals surface area (Å²) in [6.07, 6.45) is -2.23. The molecule has 0 unspecified atom stereocenters. The van der Waals surface area contributed by atoms with Crippen LogP contribution in [0.1, 0.15) is 11.1 Å². The number of hydrogen-bond acceptors (Lipinski definition) is 6. The van der Waals surface area contributed by atoms with Crippen molar-refractivity contribution >= 4 is 22.7 Å². The van der Waals surface area contributed by atoms with Gasteiger partial charge < -0.3 is 0 Å². The Hall–Kier alpha value is -4.42. The van der Waals surface area contributed by atoms with Gasteiger partial charge in [-0.1, -0.05) is 24.3 Å². The molecule has 0 aliphatic carbocycles. The Morgan fingerprint density at radius 1 is 0.381 bits per heavy atom. The lowest BCUT2D eigenvalue weighted by Crippen LogP contribution is -2.04. The van der Waals surface area contributed by atoms with E-state index in [4.69, 9.17) is 0 Å². The van der Waals surface area contributed by atoms with E-state index in [1.165, 1.54) is 24.3 Å². The van der Waals surface area contributed by atoms with Gasteiger partial charge in [-0.3, -0.25) is 0 Å². The summed E-state index contributed by atoms with van der Waals surface area (Å²) in [4.78, 5) is 21.3. The van der Waals surface area contributed by atoms with Gasteiger partial charge in [-0.2, -0.15) is 26.3 Å². The molecule has 6 aromatic rings. The zero-order chi connectivity index (χ0) is 29.5. The van der Waals surface area contributed by atoms with Crippen LogP contribution in [0.3, 0.4) is 0 Å². The van der Waals surface area contributed by atoms with Gasteiger partial charge in [0.15, 0.2) is 11.6 Å². The highest BCUT2D eigenvalue weighted by atomic mass is 32.1. The Morgan fingerprint density at radius 2 is 0.690 bits per heavy atom. The third-order valence-corrected chi connectivity index (χ3v) is 8.73. The van der Waals surface area contributed by atoms with Crippen LogP contribution in [0.25, 0.3) is 53.4 Å². The third kappa shape index (κ3) is 5.81. The smallest absolute Gasteiger partial charge is 0.236 e. The van der Waals surface area contributed by atoms with Crippen molar-refractivity contribution in [1.82, 2.24) is 19.9 Å². The summed E-state index contributed by atoms with van der Waals surface area (Å²) >= 11 is 3.10. The van der Waals surface area contributed by atoms with E-state index < -0.39 is 23.5 Å². The van der Waals surface area contributed by atoms with E-state index in [2.05, 4.69) is 19.9 Å². The van der Waals surface area contributed by atoms with Crippen molar-refractivity contribution in [3.05, 3.63) is 109 Å². The second kappa shape index (κ2) is 10.8.